The molecular weight excluding hydrogens is 407 g/mol. The minimum absolute atomic E-state index is 0.0759. The molecule has 2 aromatic carbocycles. The van der Waals surface area contributed by atoms with Crippen LogP contribution < -0.4 is 10.0 Å². The van der Waals surface area contributed by atoms with Gasteiger partial charge in [0.25, 0.3) is 15.9 Å². The van der Waals surface area contributed by atoms with Gasteiger partial charge in [0.05, 0.1) is 22.3 Å². The lowest BCUT2D eigenvalue weighted by molar-refractivity contribution is 0.0954. The molecule has 2 N–H and O–H groups in total. The van der Waals surface area contributed by atoms with Gasteiger partial charge in [0.2, 0.25) is 0 Å². The quantitative estimate of drug-likeness (QED) is 0.537. The monoisotopic (exact) mass is 430 g/mol. The van der Waals surface area contributed by atoms with E-state index >= 15 is 0 Å². The summed E-state index contributed by atoms with van der Waals surface area (Å²) in [7, 11) is -2.13. The Kier molecular flexibility index (Phi) is 6.51. The molecule has 1 heterocycles. The molecule has 3 aromatic rings. The van der Waals surface area contributed by atoms with Crippen LogP contribution in [0.5, 0.6) is 0 Å². The fourth-order valence-corrected chi connectivity index (χ4v) is 4.11. The normalized spacial score (nSPS) is 11.3. The zero-order valence-corrected chi connectivity index (χ0v) is 17.5. The van der Waals surface area contributed by atoms with Crippen molar-refractivity contribution in [2.45, 2.75) is 24.7 Å². The van der Waals surface area contributed by atoms with Crippen molar-refractivity contribution in [3.63, 3.8) is 0 Å². The van der Waals surface area contributed by atoms with Crippen LogP contribution in [0.25, 0.3) is 0 Å². The highest BCUT2D eigenvalue weighted by Crippen LogP contribution is 2.21. The standard InChI is InChI=1S/C21H23FN4O3S/c1-15-12-17(9-10-19(15)22)30(28,29)25-20-8-4-3-7-18(20)21(27)23-11-5-6-16-13-24-26(2)14-16/h3-4,7-10,12-14,25H,5-6,11H2,1-2H3,(H,23,27). The molecule has 7 nitrogen and oxygen atoms in total. The van der Waals surface area contributed by atoms with Crippen LogP contribution in [-0.4, -0.2) is 30.7 Å². The van der Waals surface area contributed by atoms with Crippen molar-refractivity contribution in [1.82, 2.24) is 15.1 Å². The molecule has 30 heavy (non-hydrogen) atoms. The van der Waals surface area contributed by atoms with Crippen molar-refractivity contribution in [3.8, 4) is 0 Å². The molecule has 1 aromatic heterocycles. The smallest absolute Gasteiger partial charge is 0.261 e. The van der Waals surface area contributed by atoms with Gasteiger partial charge in [-0.3, -0.25) is 14.2 Å². The minimum atomic E-state index is -3.97. The first kappa shape index (κ1) is 21.5. The number of nitrogens with one attached hydrogen (secondary N) is 2. The van der Waals surface area contributed by atoms with Crippen molar-refractivity contribution in [2.75, 3.05) is 11.3 Å². The highest BCUT2D eigenvalue weighted by atomic mass is 32.2. The van der Waals surface area contributed by atoms with E-state index in [-0.39, 0.29) is 27.6 Å². The predicted octanol–water partition coefficient (Wildman–Crippen LogP) is 3.03. The number of carbonyl (C=O) groups excluding carboxylic acids is 1. The van der Waals surface area contributed by atoms with Gasteiger partial charge in [0.1, 0.15) is 5.82 Å². The first-order valence-corrected chi connectivity index (χ1v) is 10.9. The van der Waals surface area contributed by atoms with E-state index in [0.717, 1.165) is 24.5 Å². The van der Waals surface area contributed by atoms with E-state index in [2.05, 4.69) is 15.1 Å². The summed E-state index contributed by atoms with van der Waals surface area (Å²) < 4.78 is 43.0. The Morgan fingerprint density at radius 1 is 1.20 bits per heavy atom. The van der Waals surface area contributed by atoms with Crippen LogP contribution in [0.15, 0.2) is 59.8 Å². The molecular formula is C21H23FN4O3S. The number of rotatable bonds is 8. The Morgan fingerprint density at radius 2 is 1.97 bits per heavy atom. The summed E-state index contributed by atoms with van der Waals surface area (Å²) in [6, 6.07) is 9.88. The number of para-hydroxylation sites is 1. The van der Waals surface area contributed by atoms with Crippen molar-refractivity contribution in [1.29, 1.82) is 0 Å². The van der Waals surface area contributed by atoms with Crippen molar-refractivity contribution < 1.29 is 17.6 Å². The number of nitrogens with zero attached hydrogens (tertiary/aromatic N) is 2. The Bertz CT molecular complexity index is 1160. The Hall–Kier alpha value is -3.20. The maximum Gasteiger partial charge on any atom is 0.261 e. The minimum Gasteiger partial charge on any atom is -0.352 e. The largest absolute Gasteiger partial charge is 0.352 e. The Labute approximate surface area is 175 Å². The number of hydrogen-bond donors (Lipinski definition) is 2. The van der Waals surface area contributed by atoms with E-state index in [1.165, 1.54) is 25.1 Å². The molecule has 3 rings (SSSR count). The number of sulfonamides is 1. The van der Waals surface area contributed by atoms with E-state index in [9.17, 15) is 17.6 Å². The van der Waals surface area contributed by atoms with E-state index in [0.29, 0.717) is 6.54 Å². The van der Waals surface area contributed by atoms with Crippen molar-refractivity contribution in [2.24, 2.45) is 7.05 Å². The summed E-state index contributed by atoms with van der Waals surface area (Å²) >= 11 is 0. The average Bonchev–Trinajstić information content (AvgIpc) is 3.12. The highest BCUT2D eigenvalue weighted by molar-refractivity contribution is 7.92. The van der Waals surface area contributed by atoms with Crippen LogP contribution in [0.2, 0.25) is 0 Å². The predicted molar refractivity (Wildman–Crippen MR) is 112 cm³/mol. The maximum atomic E-state index is 13.5. The molecule has 0 radical (unpaired) electrons. The number of hydrogen-bond acceptors (Lipinski definition) is 4. The number of aromatic nitrogens is 2. The zero-order valence-electron chi connectivity index (χ0n) is 16.7. The second-order valence-electron chi connectivity index (χ2n) is 6.94. The summed E-state index contributed by atoms with van der Waals surface area (Å²) in [5, 5.41) is 6.91. The van der Waals surface area contributed by atoms with Gasteiger partial charge in [-0.25, -0.2) is 12.8 Å². The Balaban J connectivity index is 1.67. The van der Waals surface area contributed by atoms with Crippen LogP contribution in [-0.2, 0) is 23.5 Å². The molecule has 0 saturated heterocycles. The lowest BCUT2D eigenvalue weighted by atomic mass is 10.1. The maximum absolute atomic E-state index is 13.5. The fourth-order valence-electron chi connectivity index (χ4n) is 2.95. The van der Waals surface area contributed by atoms with Crippen LogP contribution in [0.4, 0.5) is 10.1 Å². The van der Waals surface area contributed by atoms with Gasteiger partial charge in [0, 0.05) is 19.8 Å². The summed E-state index contributed by atoms with van der Waals surface area (Å²) in [6.45, 7) is 1.92. The molecule has 1 amide bonds. The van der Waals surface area contributed by atoms with Crippen LogP contribution in [0.3, 0.4) is 0 Å². The molecule has 0 aliphatic carbocycles. The number of benzene rings is 2. The molecule has 0 saturated carbocycles. The topological polar surface area (TPSA) is 93.1 Å². The molecule has 0 bridgehead atoms. The number of amides is 1. The number of aryl methyl sites for hydroxylation is 3. The van der Waals surface area contributed by atoms with Gasteiger partial charge in [-0.2, -0.15) is 5.10 Å². The van der Waals surface area contributed by atoms with Crippen LogP contribution >= 0.6 is 0 Å². The molecule has 0 aliphatic rings. The molecule has 0 fully saturated rings. The molecule has 0 aliphatic heterocycles. The molecule has 0 atom stereocenters. The van der Waals surface area contributed by atoms with Crippen molar-refractivity contribution >= 4 is 21.6 Å². The van der Waals surface area contributed by atoms with Gasteiger partial charge in [0.15, 0.2) is 0 Å². The third kappa shape index (κ3) is 5.24. The fraction of sp³-hybridized carbons (Fsp3) is 0.238. The van der Waals surface area contributed by atoms with Crippen molar-refractivity contribution in [3.05, 3.63) is 77.4 Å². The van der Waals surface area contributed by atoms with Gasteiger partial charge < -0.3 is 5.32 Å². The van der Waals surface area contributed by atoms with E-state index in [1.807, 2.05) is 13.2 Å². The lowest BCUT2D eigenvalue weighted by Crippen LogP contribution is -2.26. The van der Waals surface area contributed by atoms with Crippen LogP contribution in [0.1, 0.15) is 27.9 Å². The van der Waals surface area contributed by atoms with Gasteiger partial charge in [-0.15, -0.1) is 0 Å². The van der Waals surface area contributed by atoms with E-state index in [1.54, 1.807) is 29.1 Å². The molecule has 158 valence electrons. The third-order valence-electron chi connectivity index (χ3n) is 4.54. The number of halogens is 1. The summed E-state index contributed by atoms with van der Waals surface area (Å²) in [5.41, 5.74) is 1.66. The van der Waals surface area contributed by atoms with Gasteiger partial charge >= 0.3 is 0 Å². The van der Waals surface area contributed by atoms with E-state index in [4.69, 9.17) is 0 Å². The second-order valence-corrected chi connectivity index (χ2v) is 8.63. The summed E-state index contributed by atoms with van der Waals surface area (Å²) in [5.74, 6) is -0.866. The summed E-state index contributed by atoms with van der Waals surface area (Å²) in [4.78, 5) is 12.5. The van der Waals surface area contributed by atoms with E-state index < -0.39 is 15.8 Å². The average molecular weight is 431 g/mol. The molecule has 0 spiro atoms. The second kappa shape index (κ2) is 9.08. The van der Waals surface area contributed by atoms with Gasteiger partial charge in [-0.05, 0) is 61.2 Å². The number of anilines is 1. The summed E-state index contributed by atoms with van der Waals surface area (Å²) in [6.07, 6.45) is 5.19. The van der Waals surface area contributed by atoms with Crippen LogP contribution in [0, 0.1) is 12.7 Å². The zero-order chi connectivity index (χ0) is 21.7. The van der Waals surface area contributed by atoms with Gasteiger partial charge in [-0.1, -0.05) is 12.1 Å². The first-order chi connectivity index (χ1) is 14.3. The third-order valence-corrected chi connectivity index (χ3v) is 5.91. The number of carbonyl (C=O) groups is 1. The first-order valence-electron chi connectivity index (χ1n) is 9.40. The SMILES string of the molecule is Cc1cc(S(=O)(=O)Nc2ccccc2C(=O)NCCCc2cnn(C)c2)ccc1F. The lowest BCUT2D eigenvalue weighted by Gasteiger charge is -2.13. The molecule has 0 unspecified atom stereocenters. The Morgan fingerprint density at radius 3 is 2.67 bits per heavy atom. The highest BCUT2D eigenvalue weighted by Gasteiger charge is 2.19. The molecule has 9 heteroatoms.